The Bertz CT molecular complexity index is 961. The molecule has 136 valence electrons. The number of hydrogen-bond acceptors (Lipinski definition) is 3. The maximum atomic E-state index is 5.87. The second-order valence-electron chi connectivity index (χ2n) is 6.41. The molecule has 27 heavy (non-hydrogen) atoms. The zero-order valence-corrected chi connectivity index (χ0v) is 16.7. The number of thioether (sulfide) groups is 1. The number of rotatable bonds is 5. The molecule has 0 N–H and O–H groups in total. The van der Waals surface area contributed by atoms with Crippen molar-refractivity contribution in [2.24, 2.45) is 4.99 Å². The van der Waals surface area contributed by atoms with Gasteiger partial charge in [-0.05, 0) is 62.7 Å². The van der Waals surface area contributed by atoms with Crippen molar-refractivity contribution in [1.29, 1.82) is 0 Å². The number of hydrogen-bond donors (Lipinski definition) is 0. The van der Waals surface area contributed by atoms with Crippen LogP contribution in [0.15, 0.2) is 101 Å². The molecule has 0 heterocycles. The third-order valence-electron chi connectivity index (χ3n) is 3.89. The number of ether oxygens (including phenoxy) is 1. The maximum absolute atomic E-state index is 5.87. The largest absolute Gasteiger partial charge is 0.465 e. The van der Waals surface area contributed by atoms with Gasteiger partial charge in [0.15, 0.2) is 0 Å². The molecular formula is C24H23NOS. The van der Waals surface area contributed by atoms with Gasteiger partial charge in [0.1, 0.15) is 10.8 Å². The molecule has 0 aromatic heterocycles. The van der Waals surface area contributed by atoms with Gasteiger partial charge in [-0.3, -0.25) is 0 Å². The third-order valence-corrected chi connectivity index (χ3v) is 4.99. The van der Waals surface area contributed by atoms with Gasteiger partial charge in [0.25, 0.3) is 0 Å². The van der Waals surface area contributed by atoms with Gasteiger partial charge in [-0.15, -0.1) is 0 Å². The summed E-state index contributed by atoms with van der Waals surface area (Å²) in [6.07, 6.45) is 1.78. The standard InChI is InChI=1S/C24H23NOS/c1-18-9-7-13-22(15-18)26-17-20(3)24(25-21-11-5-4-6-12-21)27-23-14-8-10-19(2)16-23/h4-17H,1-3H3/b20-17+,25-24-. The molecule has 0 fully saturated rings. The molecule has 0 saturated carbocycles. The van der Waals surface area contributed by atoms with Gasteiger partial charge in [-0.2, -0.15) is 0 Å². The van der Waals surface area contributed by atoms with Crippen molar-refractivity contribution < 1.29 is 4.74 Å². The first kappa shape index (κ1) is 19.0. The van der Waals surface area contributed by atoms with Crippen molar-refractivity contribution >= 4 is 22.5 Å². The lowest BCUT2D eigenvalue weighted by Gasteiger charge is -2.09. The highest BCUT2D eigenvalue weighted by molar-refractivity contribution is 8.14. The Morgan fingerprint density at radius 3 is 2.26 bits per heavy atom. The fraction of sp³-hybridized carbons (Fsp3) is 0.125. The van der Waals surface area contributed by atoms with E-state index in [0.29, 0.717) is 0 Å². The van der Waals surface area contributed by atoms with Gasteiger partial charge in [0.2, 0.25) is 0 Å². The Hall–Kier alpha value is -2.78. The summed E-state index contributed by atoms with van der Waals surface area (Å²) in [5.74, 6) is 0.828. The summed E-state index contributed by atoms with van der Waals surface area (Å²) in [5, 5.41) is 0.916. The second kappa shape index (κ2) is 9.24. The highest BCUT2D eigenvalue weighted by Gasteiger charge is 2.08. The van der Waals surface area contributed by atoms with Crippen molar-refractivity contribution in [3.05, 3.63) is 102 Å². The van der Waals surface area contributed by atoms with Gasteiger partial charge in [0.05, 0.1) is 11.9 Å². The molecule has 2 nitrogen and oxygen atoms in total. The first-order chi connectivity index (χ1) is 13.1. The Kier molecular flexibility index (Phi) is 6.50. The topological polar surface area (TPSA) is 21.6 Å². The summed E-state index contributed by atoms with van der Waals surface area (Å²) in [7, 11) is 0. The predicted molar refractivity (Wildman–Crippen MR) is 116 cm³/mol. The number of aryl methyl sites for hydroxylation is 2. The zero-order valence-electron chi connectivity index (χ0n) is 15.8. The van der Waals surface area contributed by atoms with E-state index in [-0.39, 0.29) is 0 Å². The molecule has 0 radical (unpaired) electrons. The summed E-state index contributed by atoms with van der Waals surface area (Å²) in [6, 6.07) is 26.5. The molecule has 3 aromatic carbocycles. The van der Waals surface area contributed by atoms with Crippen LogP contribution < -0.4 is 4.74 Å². The van der Waals surface area contributed by atoms with Gasteiger partial charge >= 0.3 is 0 Å². The van der Waals surface area contributed by atoms with E-state index in [1.807, 2.05) is 55.5 Å². The van der Waals surface area contributed by atoms with Gasteiger partial charge < -0.3 is 4.74 Å². The highest BCUT2D eigenvalue weighted by atomic mass is 32.2. The van der Waals surface area contributed by atoms with Gasteiger partial charge in [-0.1, -0.05) is 59.8 Å². The molecule has 0 unspecified atom stereocenters. The maximum Gasteiger partial charge on any atom is 0.126 e. The first-order valence-corrected chi connectivity index (χ1v) is 9.70. The smallest absolute Gasteiger partial charge is 0.126 e. The van der Waals surface area contributed by atoms with Crippen LogP contribution in [0.4, 0.5) is 5.69 Å². The Morgan fingerprint density at radius 2 is 1.56 bits per heavy atom. The molecule has 3 rings (SSSR count). The van der Waals surface area contributed by atoms with Crippen LogP contribution in [0, 0.1) is 13.8 Å². The van der Waals surface area contributed by atoms with E-state index in [4.69, 9.17) is 9.73 Å². The number of para-hydroxylation sites is 1. The summed E-state index contributed by atoms with van der Waals surface area (Å²) in [4.78, 5) is 6.00. The Balaban J connectivity index is 1.88. The van der Waals surface area contributed by atoms with Gasteiger partial charge in [0, 0.05) is 10.5 Å². The monoisotopic (exact) mass is 373 g/mol. The third kappa shape index (κ3) is 5.87. The lowest BCUT2D eigenvalue weighted by Crippen LogP contribution is -1.97. The normalized spacial score (nSPS) is 12.1. The molecule has 0 aliphatic rings. The fourth-order valence-electron chi connectivity index (χ4n) is 2.50. The minimum Gasteiger partial charge on any atom is -0.465 e. The fourth-order valence-corrected chi connectivity index (χ4v) is 3.47. The molecule has 0 aliphatic heterocycles. The van der Waals surface area contributed by atoms with Gasteiger partial charge in [-0.25, -0.2) is 4.99 Å². The number of benzene rings is 3. The molecule has 0 amide bonds. The minimum absolute atomic E-state index is 0.828. The van der Waals surface area contributed by atoms with Crippen LogP contribution in [0.2, 0.25) is 0 Å². The van der Waals surface area contributed by atoms with Crippen molar-refractivity contribution in [2.75, 3.05) is 0 Å². The quantitative estimate of drug-likeness (QED) is 0.206. The lowest BCUT2D eigenvalue weighted by molar-refractivity contribution is 0.478. The van der Waals surface area contributed by atoms with Crippen LogP contribution in [-0.2, 0) is 0 Å². The molecule has 0 saturated heterocycles. The first-order valence-electron chi connectivity index (χ1n) is 8.89. The average molecular weight is 374 g/mol. The van der Waals surface area contributed by atoms with Crippen LogP contribution in [0.5, 0.6) is 5.75 Å². The molecule has 0 atom stereocenters. The zero-order chi connectivity index (χ0) is 19.1. The van der Waals surface area contributed by atoms with Crippen LogP contribution in [0.1, 0.15) is 18.1 Å². The molecule has 3 heteroatoms. The summed E-state index contributed by atoms with van der Waals surface area (Å²) in [5.41, 5.74) is 4.31. The predicted octanol–water partition coefficient (Wildman–Crippen LogP) is 7.11. The molecule has 0 bridgehead atoms. The van der Waals surface area contributed by atoms with Crippen LogP contribution in [-0.4, -0.2) is 5.04 Å². The van der Waals surface area contributed by atoms with Crippen LogP contribution in [0.25, 0.3) is 0 Å². The van der Waals surface area contributed by atoms with E-state index in [1.54, 1.807) is 18.0 Å². The Labute approximate surface area is 165 Å². The Morgan fingerprint density at radius 1 is 0.852 bits per heavy atom. The summed E-state index contributed by atoms with van der Waals surface area (Å²) in [6.45, 7) is 6.18. The van der Waals surface area contributed by atoms with E-state index in [0.717, 1.165) is 26.9 Å². The van der Waals surface area contributed by atoms with E-state index in [1.165, 1.54) is 11.1 Å². The molecule has 0 aliphatic carbocycles. The number of aliphatic imine (C=N–C) groups is 1. The molecule has 3 aromatic rings. The van der Waals surface area contributed by atoms with E-state index in [9.17, 15) is 0 Å². The molecular weight excluding hydrogens is 350 g/mol. The van der Waals surface area contributed by atoms with E-state index < -0.39 is 0 Å². The van der Waals surface area contributed by atoms with Crippen molar-refractivity contribution in [3.63, 3.8) is 0 Å². The van der Waals surface area contributed by atoms with Crippen molar-refractivity contribution in [1.82, 2.24) is 0 Å². The SMILES string of the molecule is CC(=C\Oc1cccc(C)c1)/C(=N/c1ccccc1)Sc1cccc(C)c1. The summed E-state index contributed by atoms with van der Waals surface area (Å²) < 4.78 is 5.87. The minimum atomic E-state index is 0.828. The van der Waals surface area contributed by atoms with Crippen molar-refractivity contribution in [3.8, 4) is 5.75 Å². The summed E-state index contributed by atoms with van der Waals surface area (Å²) >= 11 is 1.65. The number of nitrogens with zero attached hydrogens (tertiary/aromatic N) is 1. The second-order valence-corrected chi connectivity index (χ2v) is 7.47. The highest BCUT2D eigenvalue weighted by Crippen LogP contribution is 2.27. The van der Waals surface area contributed by atoms with Crippen LogP contribution in [0.3, 0.4) is 0 Å². The van der Waals surface area contributed by atoms with Crippen molar-refractivity contribution in [2.45, 2.75) is 25.7 Å². The molecule has 0 spiro atoms. The lowest BCUT2D eigenvalue weighted by atomic mass is 10.2. The average Bonchev–Trinajstić information content (AvgIpc) is 2.66. The van der Waals surface area contributed by atoms with Crippen LogP contribution >= 0.6 is 11.8 Å². The van der Waals surface area contributed by atoms with E-state index >= 15 is 0 Å². The van der Waals surface area contributed by atoms with E-state index in [2.05, 4.69) is 44.2 Å².